The zero-order valence-corrected chi connectivity index (χ0v) is 26.7. The van der Waals surface area contributed by atoms with Crippen LogP contribution in [0.15, 0.2) is 24.4 Å². The first kappa shape index (κ1) is 37.6. The first-order valence-electron chi connectivity index (χ1n) is 15.0. The summed E-state index contributed by atoms with van der Waals surface area (Å²) in [5.74, 6) is -2.92. The van der Waals surface area contributed by atoms with E-state index < -0.39 is 23.8 Å². The molecule has 6 amide bonds. The van der Waals surface area contributed by atoms with Crippen LogP contribution in [0, 0.1) is 5.92 Å². The monoisotopic (exact) mass is 648 g/mol. The summed E-state index contributed by atoms with van der Waals surface area (Å²) in [5.41, 5.74) is 0.876. The Kier molecular flexibility index (Phi) is 16.1. The summed E-state index contributed by atoms with van der Waals surface area (Å²) in [7, 11) is 1.69. The Balaban J connectivity index is 1.51. The van der Waals surface area contributed by atoms with Gasteiger partial charge in [-0.25, -0.2) is 4.79 Å². The SMILES string of the molecule is CC(=O)Nc1cc(C(=O)NCCCOC(=O)[C@@H](NC(=O)CCOCCOCCNC(=O)CCN2C(=O)C=CC2=O)C(C)C)n(C)c1. The molecule has 16 nitrogen and oxygen atoms in total. The number of ether oxygens (including phenoxy) is 3. The molecule has 0 saturated carbocycles. The Hall–Kier alpha value is -4.57. The summed E-state index contributed by atoms with van der Waals surface area (Å²) >= 11 is 0. The minimum Gasteiger partial charge on any atom is -0.464 e. The number of hydrogen-bond acceptors (Lipinski definition) is 10. The number of amides is 6. The number of aryl methyl sites for hydroxylation is 1. The molecule has 0 spiro atoms. The second-order valence-electron chi connectivity index (χ2n) is 10.7. The van der Waals surface area contributed by atoms with Crippen LogP contribution < -0.4 is 21.3 Å². The molecule has 1 aliphatic heterocycles. The van der Waals surface area contributed by atoms with Crippen LogP contribution in [0.25, 0.3) is 0 Å². The number of carbonyl (C=O) groups is 7. The third-order valence-corrected chi connectivity index (χ3v) is 6.52. The molecule has 0 saturated heterocycles. The molecule has 0 bridgehead atoms. The molecule has 0 radical (unpaired) electrons. The lowest BCUT2D eigenvalue weighted by Crippen LogP contribution is -2.45. The van der Waals surface area contributed by atoms with Gasteiger partial charge in [-0.15, -0.1) is 0 Å². The highest BCUT2D eigenvalue weighted by molar-refractivity contribution is 6.13. The van der Waals surface area contributed by atoms with Crippen molar-refractivity contribution in [2.45, 2.75) is 46.1 Å². The van der Waals surface area contributed by atoms with E-state index in [1.807, 2.05) is 0 Å². The first-order chi connectivity index (χ1) is 21.9. The summed E-state index contributed by atoms with van der Waals surface area (Å²) in [6, 6.07) is 0.717. The average Bonchev–Trinajstić information content (AvgIpc) is 3.52. The molecule has 0 fully saturated rings. The molecule has 0 aromatic carbocycles. The second-order valence-corrected chi connectivity index (χ2v) is 10.7. The van der Waals surface area contributed by atoms with Crippen molar-refractivity contribution < 1.29 is 47.8 Å². The summed E-state index contributed by atoms with van der Waals surface area (Å²) < 4.78 is 17.7. The topological polar surface area (TPSA) is 203 Å². The van der Waals surface area contributed by atoms with Crippen molar-refractivity contribution in [1.82, 2.24) is 25.4 Å². The van der Waals surface area contributed by atoms with Gasteiger partial charge in [0.05, 0.1) is 38.7 Å². The van der Waals surface area contributed by atoms with E-state index in [1.165, 1.54) is 6.92 Å². The molecule has 1 atom stereocenters. The lowest BCUT2D eigenvalue weighted by atomic mass is 10.0. The van der Waals surface area contributed by atoms with Gasteiger partial charge in [-0.3, -0.25) is 33.7 Å². The Morgan fingerprint density at radius 2 is 1.52 bits per heavy atom. The van der Waals surface area contributed by atoms with Crippen molar-refractivity contribution in [2.24, 2.45) is 13.0 Å². The molecule has 0 unspecified atom stereocenters. The smallest absolute Gasteiger partial charge is 0.328 e. The molecule has 254 valence electrons. The molecule has 2 rings (SSSR count). The van der Waals surface area contributed by atoms with Crippen LogP contribution in [0.5, 0.6) is 0 Å². The number of nitrogens with zero attached hydrogens (tertiary/aromatic N) is 2. The molecule has 46 heavy (non-hydrogen) atoms. The highest BCUT2D eigenvalue weighted by Crippen LogP contribution is 2.13. The molecule has 1 aliphatic rings. The van der Waals surface area contributed by atoms with Crippen molar-refractivity contribution in [3.63, 3.8) is 0 Å². The van der Waals surface area contributed by atoms with E-state index in [9.17, 15) is 33.6 Å². The largest absolute Gasteiger partial charge is 0.464 e. The molecule has 2 heterocycles. The Bertz CT molecular complexity index is 1260. The molecular weight excluding hydrogens is 604 g/mol. The lowest BCUT2D eigenvalue weighted by molar-refractivity contribution is -0.149. The summed E-state index contributed by atoms with van der Waals surface area (Å²) in [6.45, 7) is 6.32. The van der Waals surface area contributed by atoms with E-state index in [0.717, 1.165) is 17.1 Å². The van der Waals surface area contributed by atoms with E-state index in [0.29, 0.717) is 17.8 Å². The van der Waals surface area contributed by atoms with Gasteiger partial charge in [-0.2, -0.15) is 0 Å². The number of nitrogens with one attached hydrogen (secondary N) is 4. The van der Waals surface area contributed by atoms with Crippen LogP contribution in [0.4, 0.5) is 5.69 Å². The van der Waals surface area contributed by atoms with Gasteiger partial charge in [0.25, 0.3) is 17.7 Å². The molecule has 16 heteroatoms. The van der Waals surface area contributed by atoms with Crippen molar-refractivity contribution >= 4 is 47.1 Å². The van der Waals surface area contributed by atoms with Crippen molar-refractivity contribution in [1.29, 1.82) is 0 Å². The first-order valence-corrected chi connectivity index (χ1v) is 15.0. The highest BCUT2D eigenvalue weighted by Gasteiger charge is 2.26. The lowest BCUT2D eigenvalue weighted by Gasteiger charge is -2.21. The zero-order valence-electron chi connectivity index (χ0n) is 26.7. The third-order valence-electron chi connectivity index (χ3n) is 6.52. The number of aromatic nitrogens is 1. The van der Waals surface area contributed by atoms with Gasteiger partial charge >= 0.3 is 5.97 Å². The van der Waals surface area contributed by atoms with Gasteiger partial charge in [0.15, 0.2) is 0 Å². The number of esters is 1. The minimum absolute atomic E-state index is 0.00108. The number of imide groups is 1. The van der Waals surface area contributed by atoms with E-state index >= 15 is 0 Å². The highest BCUT2D eigenvalue weighted by atomic mass is 16.5. The predicted molar refractivity (Wildman–Crippen MR) is 164 cm³/mol. The number of anilines is 1. The Labute approximate surface area is 267 Å². The Morgan fingerprint density at radius 3 is 2.17 bits per heavy atom. The van der Waals surface area contributed by atoms with E-state index in [2.05, 4.69) is 21.3 Å². The summed E-state index contributed by atoms with van der Waals surface area (Å²) in [4.78, 5) is 84.3. The quantitative estimate of drug-likeness (QED) is 0.0775. The van der Waals surface area contributed by atoms with Crippen LogP contribution >= 0.6 is 0 Å². The van der Waals surface area contributed by atoms with Crippen molar-refractivity contribution in [2.75, 3.05) is 58.0 Å². The third kappa shape index (κ3) is 13.6. The van der Waals surface area contributed by atoms with E-state index in [1.54, 1.807) is 37.7 Å². The molecule has 1 aromatic rings. The summed E-state index contributed by atoms with van der Waals surface area (Å²) in [5, 5.41) is 10.7. The number of rotatable bonds is 21. The van der Waals surface area contributed by atoms with Gasteiger partial charge in [-0.05, 0) is 18.4 Å². The van der Waals surface area contributed by atoms with Crippen molar-refractivity contribution in [3.8, 4) is 0 Å². The van der Waals surface area contributed by atoms with Crippen LogP contribution in [0.2, 0.25) is 0 Å². The maximum absolute atomic E-state index is 12.6. The molecule has 4 N–H and O–H groups in total. The fourth-order valence-electron chi connectivity index (χ4n) is 4.14. The maximum atomic E-state index is 12.6. The maximum Gasteiger partial charge on any atom is 0.328 e. The predicted octanol–water partition coefficient (Wildman–Crippen LogP) is -0.358. The van der Waals surface area contributed by atoms with Gasteiger partial charge in [0.2, 0.25) is 17.7 Å². The summed E-state index contributed by atoms with van der Waals surface area (Å²) in [6.07, 6.45) is 4.34. The normalized spacial score (nSPS) is 13.1. The molecule has 1 aromatic heterocycles. The minimum atomic E-state index is -0.843. The van der Waals surface area contributed by atoms with Gasteiger partial charge in [0, 0.05) is 64.8 Å². The fourth-order valence-corrected chi connectivity index (χ4v) is 4.14. The number of carbonyl (C=O) groups excluding carboxylic acids is 7. The van der Waals surface area contributed by atoms with Crippen molar-refractivity contribution in [3.05, 3.63) is 30.1 Å². The molecule has 0 aliphatic carbocycles. The number of hydrogen-bond donors (Lipinski definition) is 4. The second kappa shape index (κ2) is 19.7. The van der Waals surface area contributed by atoms with Gasteiger partial charge in [-0.1, -0.05) is 13.8 Å². The van der Waals surface area contributed by atoms with Crippen LogP contribution in [-0.2, 0) is 50.0 Å². The Morgan fingerprint density at radius 1 is 0.848 bits per heavy atom. The van der Waals surface area contributed by atoms with E-state index in [-0.39, 0.29) is 95.1 Å². The van der Waals surface area contributed by atoms with Crippen LogP contribution in [0.1, 0.15) is 50.5 Å². The van der Waals surface area contributed by atoms with Gasteiger partial charge < -0.3 is 40.0 Å². The fraction of sp³-hybridized carbons (Fsp3) is 0.567. The average molecular weight is 649 g/mol. The standard InChI is InChI=1S/C30H44N6O10/c1-20(2)28(30(43)46-13-5-10-32-29(42)23-18-22(19-35(23)4)33-21(3)37)34-25(39)9-14-44-16-17-45-15-11-31-24(38)8-12-36-26(40)6-7-27(36)41/h6-7,18-20,28H,5,8-17H2,1-4H3,(H,31,38)(H,32,42)(H,33,37)(H,34,39)/t28-/m0/s1. The van der Waals surface area contributed by atoms with Crippen LogP contribution in [-0.4, -0.2) is 110 Å². The van der Waals surface area contributed by atoms with Crippen LogP contribution in [0.3, 0.4) is 0 Å². The zero-order chi connectivity index (χ0) is 34.1. The van der Waals surface area contributed by atoms with E-state index in [4.69, 9.17) is 14.2 Å². The van der Waals surface area contributed by atoms with Gasteiger partial charge in [0.1, 0.15) is 11.7 Å². The molecular formula is C30H44N6O10.